The Hall–Kier alpha value is -2.68. The molecule has 9 heteroatoms. The summed E-state index contributed by atoms with van der Waals surface area (Å²) in [5.41, 5.74) is 1.81. The van der Waals surface area contributed by atoms with Gasteiger partial charge in [-0.25, -0.2) is 4.39 Å². The zero-order valence-corrected chi connectivity index (χ0v) is 18.2. The fourth-order valence-electron chi connectivity index (χ4n) is 3.41. The molecule has 7 nitrogen and oxygen atoms in total. The first-order chi connectivity index (χ1) is 14.8. The van der Waals surface area contributed by atoms with Crippen molar-refractivity contribution >= 4 is 34.8 Å². The van der Waals surface area contributed by atoms with Gasteiger partial charge in [0.1, 0.15) is 11.6 Å². The second-order valence-corrected chi connectivity index (χ2v) is 7.73. The molecule has 166 valence electrons. The monoisotopic (exact) mass is 449 g/mol. The van der Waals surface area contributed by atoms with Gasteiger partial charge in [-0.15, -0.1) is 0 Å². The SMILES string of the molecule is COc1cc(NC(C)=O)c(Cl)cc1NC(=O)CC1CN(Cc2ccc(F)cc2)CCO1. The highest BCUT2D eigenvalue weighted by molar-refractivity contribution is 6.34. The molecular formula is C22H25ClFN3O4. The minimum Gasteiger partial charge on any atom is -0.494 e. The number of amides is 2. The van der Waals surface area contributed by atoms with Crippen molar-refractivity contribution in [3.63, 3.8) is 0 Å². The molecule has 1 aliphatic rings. The lowest BCUT2D eigenvalue weighted by Crippen LogP contribution is -2.43. The van der Waals surface area contributed by atoms with E-state index in [-0.39, 0.29) is 35.2 Å². The van der Waals surface area contributed by atoms with Crippen molar-refractivity contribution < 1.29 is 23.5 Å². The van der Waals surface area contributed by atoms with E-state index in [0.29, 0.717) is 36.8 Å². The summed E-state index contributed by atoms with van der Waals surface area (Å²) in [5, 5.41) is 5.69. The molecule has 3 rings (SSSR count). The second-order valence-electron chi connectivity index (χ2n) is 7.32. The van der Waals surface area contributed by atoms with E-state index >= 15 is 0 Å². The summed E-state index contributed by atoms with van der Waals surface area (Å²) in [6.07, 6.45) is -0.108. The molecule has 0 aliphatic carbocycles. The van der Waals surface area contributed by atoms with Crippen molar-refractivity contribution in [2.75, 3.05) is 37.4 Å². The average Bonchev–Trinajstić information content (AvgIpc) is 2.71. The van der Waals surface area contributed by atoms with Gasteiger partial charge in [-0.2, -0.15) is 0 Å². The molecule has 0 bridgehead atoms. The quantitative estimate of drug-likeness (QED) is 0.674. The molecule has 2 aromatic rings. The zero-order valence-electron chi connectivity index (χ0n) is 17.4. The van der Waals surface area contributed by atoms with Crippen molar-refractivity contribution in [1.82, 2.24) is 4.90 Å². The number of halogens is 2. The summed E-state index contributed by atoms with van der Waals surface area (Å²) in [4.78, 5) is 26.1. The van der Waals surface area contributed by atoms with Crippen LogP contribution in [0.4, 0.5) is 15.8 Å². The van der Waals surface area contributed by atoms with Gasteiger partial charge < -0.3 is 20.1 Å². The molecule has 1 atom stereocenters. The van der Waals surface area contributed by atoms with Gasteiger partial charge in [0.15, 0.2) is 0 Å². The average molecular weight is 450 g/mol. The summed E-state index contributed by atoms with van der Waals surface area (Å²) in [6.45, 7) is 3.88. The number of hydrogen-bond donors (Lipinski definition) is 2. The first-order valence-corrected chi connectivity index (χ1v) is 10.2. The number of carbonyl (C=O) groups is 2. The smallest absolute Gasteiger partial charge is 0.227 e. The maximum atomic E-state index is 13.1. The zero-order chi connectivity index (χ0) is 22.4. The molecule has 1 heterocycles. The third kappa shape index (κ3) is 6.65. The minimum atomic E-state index is -0.269. The van der Waals surface area contributed by atoms with Crippen LogP contribution in [-0.4, -0.2) is 49.6 Å². The van der Waals surface area contributed by atoms with Crippen LogP contribution < -0.4 is 15.4 Å². The van der Waals surface area contributed by atoms with Gasteiger partial charge in [-0.05, 0) is 23.8 Å². The van der Waals surface area contributed by atoms with Gasteiger partial charge in [0, 0.05) is 32.6 Å². The van der Waals surface area contributed by atoms with Gasteiger partial charge in [0.05, 0.1) is 42.6 Å². The van der Waals surface area contributed by atoms with Crippen molar-refractivity contribution in [3.05, 3.63) is 52.8 Å². The van der Waals surface area contributed by atoms with Crippen molar-refractivity contribution in [2.24, 2.45) is 0 Å². The van der Waals surface area contributed by atoms with Gasteiger partial charge in [0.2, 0.25) is 11.8 Å². The van der Waals surface area contributed by atoms with E-state index in [9.17, 15) is 14.0 Å². The first-order valence-electron chi connectivity index (χ1n) is 9.87. The van der Waals surface area contributed by atoms with Crippen LogP contribution in [0, 0.1) is 5.82 Å². The van der Waals surface area contributed by atoms with Crippen LogP contribution >= 0.6 is 11.6 Å². The molecule has 0 aromatic heterocycles. The molecule has 1 fully saturated rings. The van der Waals surface area contributed by atoms with Crippen LogP contribution in [0.15, 0.2) is 36.4 Å². The molecule has 31 heavy (non-hydrogen) atoms. The van der Waals surface area contributed by atoms with Crippen LogP contribution in [0.3, 0.4) is 0 Å². The lowest BCUT2D eigenvalue weighted by Gasteiger charge is -2.32. The molecule has 2 N–H and O–H groups in total. The van der Waals surface area contributed by atoms with Crippen LogP contribution in [0.25, 0.3) is 0 Å². The van der Waals surface area contributed by atoms with E-state index < -0.39 is 0 Å². The van der Waals surface area contributed by atoms with E-state index in [1.165, 1.54) is 32.2 Å². The fraction of sp³-hybridized carbons (Fsp3) is 0.364. The molecule has 0 spiro atoms. The number of nitrogens with zero attached hydrogens (tertiary/aromatic N) is 1. The van der Waals surface area contributed by atoms with E-state index in [0.717, 1.165) is 12.1 Å². The van der Waals surface area contributed by atoms with Crippen molar-refractivity contribution in [2.45, 2.75) is 26.0 Å². The molecule has 0 radical (unpaired) electrons. The number of methoxy groups -OCH3 is 1. The van der Waals surface area contributed by atoms with E-state index in [1.54, 1.807) is 18.2 Å². The number of carbonyl (C=O) groups excluding carboxylic acids is 2. The predicted octanol–water partition coefficient (Wildman–Crippen LogP) is 3.68. The van der Waals surface area contributed by atoms with E-state index in [1.807, 2.05) is 0 Å². The number of nitrogens with one attached hydrogen (secondary N) is 2. The van der Waals surface area contributed by atoms with Crippen molar-refractivity contribution in [1.29, 1.82) is 0 Å². The van der Waals surface area contributed by atoms with Gasteiger partial charge in [-0.3, -0.25) is 14.5 Å². The van der Waals surface area contributed by atoms with Crippen LogP contribution in [0.5, 0.6) is 5.75 Å². The summed E-state index contributed by atoms with van der Waals surface area (Å²) in [6, 6.07) is 9.49. The Morgan fingerprint density at radius 1 is 1.23 bits per heavy atom. The van der Waals surface area contributed by atoms with E-state index in [4.69, 9.17) is 21.1 Å². The Morgan fingerprint density at radius 3 is 2.65 bits per heavy atom. The predicted molar refractivity (Wildman–Crippen MR) is 117 cm³/mol. The van der Waals surface area contributed by atoms with Crippen LogP contribution in [-0.2, 0) is 20.9 Å². The molecule has 2 amide bonds. The maximum absolute atomic E-state index is 13.1. The number of ether oxygens (including phenoxy) is 2. The largest absolute Gasteiger partial charge is 0.494 e. The number of anilines is 2. The number of benzene rings is 2. The molecular weight excluding hydrogens is 425 g/mol. The Bertz CT molecular complexity index is 939. The number of rotatable bonds is 7. The first kappa shape index (κ1) is 23.0. The molecule has 0 saturated carbocycles. The van der Waals surface area contributed by atoms with E-state index in [2.05, 4.69) is 15.5 Å². The third-order valence-corrected chi connectivity index (χ3v) is 5.14. The van der Waals surface area contributed by atoms with Gasteiger partial charge in [0.25, 0.3) is 0 Å². The molecule has 2 aromatic carbocycles. The standard InChI is InChI=1S/C22H25ClFN3O4/c1-14(28)25-19-11-21(30-2)20(10-18(19)23)26-22(29)9-17-13-27(7-8-31-17)12-15-3-5-16(24)6-4-15/h3-6,10-11,17H,7-9,12-13H2,1-2H3,(H,25,28)(H,26,29). The Balaban J connectivity index is 1.59. The lowest BCUT2D eigenvalue weighted by atomic mass is 10.1. The Labute approximate surface area is 185 Å². The topological polar surface area (TPSA) is 79.9 Å². The summed E-state index contributed by atoms with van der Waals surface area (Å²) < 4.78 is 24.2. The normalized spacial score (nSPS) is 16.6. The molecule has 1 aliphatic heterocycles. The minimum absolute atomic E-state index is 0.161. The lowest BCUT2D eigenvalue weighted by molar-refractivity contribution is -0.121. The fourth-order valence-corrected chi connectivity index (χ4v) is 3.62. The summed E-state index contributed by atoms with van der Waals surface area (Å²) in [5.74, 6) is -0.388. The third-order valence-electron chi connectivity index (χ3n) is 4.83. The highest BCUT2D eigenvalue weighted by Gasteiger charge is 2.24. The van der Waals surface area contributed by atoms with Crippen molar-refractivity contribution in [3.8, 4) is 5.75 Å². The second kappa shape index (κ2) is 10.6. The maximum Gasteiger partial charge on any atom is 0.227 e. The highest BCUT2D eigenvalue weighted by atomic mass is 35.5. The van der Waals surface area contributed by atoms with Crippen LogP contribution in [0.1, 0.15) is 18.9 Å². The highest BCUT2D eigenvalue weighted by Crippen LogP contribution is 2.34. The Kier molecular flexibility index (Phi) is 7.84. The number of hydrogen-bond acceptors (Lipinski definition) is 5. The summed E-state index contributed by atoms with van der Waals surface area (Å²) >= 11 is 6.21. The van der Waals surface area contributed by atoms with Gasteiger partial charge in [-0.1, -0.05) is 23.7 Å². The molecule has 1 saturated heterocycles. The molecule has 1 unspecified atom stereocenters. The van der Waals surface area contributed by atoms with Gasteiger partial charge >= 0.3 is 0 Å². The Morgan fingerprint density at radius 2 is 1.97 bits per heavy atom. The van der Waals surface area contributed by atoms with Crippen LogP contribution in [0.2, 0.25) is 5.02 Å². The number of morpholine rings is 1. The summed E-state index contributed by atoms with van der Waals surface area (Å²) in [7, 11) is 1.47.